The number of hydrogen-bond donors (Lipinski definition) is 0. The molecule has 0 fully saturated rings. The number of halogens is 1. The summed E-state index contributed by atoms with van der Waals surface area (Å²) in [6, 6.07) is 16.2. The molecule has 3 aromatic rings. The van der Waals surface area contributed by atoms with Crippen LogP contribution in [0.1, 0.15) is 18.5 Å². The number of rotatable bonds is 12. The molecule has 0 saturated heterocycles. The van der Waals surface area contributed by atoms with E-state index in [1.54, 1.807) is 25.4 Å². The Morgan fingerprint density at radius 1 is 0.781 bits per heavy atom. The summed E-state index contributed by atoms with van der Waals surface area (Å²) in [6.45, 7) is 3.98. The predicted octanol–water partition coefficient (Wildman–Crippen LogP) is 5.14. The second-order valence-electron chi connectivity index (χ2n) is 7.17. The van der Waals surface area contributed by atoms with E-state index >= 15 is 0 Å². The normalized spacial score (nSPS) is 10.6. The Morgan fingerprint density at radius 3 is 2.00 bits per heavy atom. The maximum atomic E-state index is 12.3. The van der Waals surface area contributed by atoms with Gasteiger partial charge in [0.25, 0.3) is 0 Å². The van der Waals surface area contributed by atoms with Gasteiger partial charge in [0.1, 0.15) is 23.9 Å². The zero-order valence-electron chi connectivity index (χ0n) is 18.4. The Hall–Kier alpha value is -3.12. The van der Waals surface area contributed by atoms with Gasteiger partial charge in [0.15, 0.2) is 5.75 Å². The third kappa shape index (κ3) is 6.95. The molecule has 0 unspecified atom stereocenters. The lowest BCUT2D eigenvalue weighted by Gasteiger charge is -2.15. The van der Waals surface area contributed by atoms with Gasteiger partial charge in [0.2, 0.25) is 5.43 Å². The van der Waals surface area contributed by atoms with Crippen molar-refractivity contribution in [1.29, 1.82) is 0 Å². The van der Waals surface area contributed by atoms with Gasteiger partial charge in [0, 0.05) is 17.3 Å². The highest BCUT2D eigenvalue weighted by molar-refractivity contribution is 6.30. The van der Waals surface area contributed by atoms with E-state index < -0.39 is 0 Å². The summed E-state index contributed by atoms with van der Waals surface area (Å²) in [7, 11) is 1.63. The molecule has 0 aliphatic rings. The number of benzene rings is 2. The van der Waals surface area contributed by atoms with E-state index in [2.05, 4.69) is 0 Å². The van der Waals surface area contributed by atoms with Gasteiger partial charge in [-0.1, -0.05) is 11.6 Å². The fraction of sp³-hybridized carbons (Fsp3) is 0.320. The fourth-order valence-electron chi connectivity index (χ4n) is 3.10. The third-order valence-electron chi connectivity index (χ3n) is 4.92. The molecule has 0 spiro atoms. The van der Waals surface area contributed by atoms with Crippen LogP contribution in [0, 0.1) is 6.92 Å². The molecule has 6 nitrogen and oxygen atoms in total. The summed E-state index contributed by atoms with van der Waals surface area (Å²) in [5, 5.41) is 0.682. The van der Waals surface area contributed by atoms with Gasteiger partial charge in [-0.15, -0.1) is 0 Å². The highest BCUT2D eigenvalue weighted by Crippen LogP contribution is 2.18. The molecule has 7 heteroatoms. The first-order valence-corrected chi connectivity index (χ1v) is 10.9. The lowest BCUT2D eigenvalue weighted by molar-refractivity contribution is 0.260. The van der Waals surface area contributed by atoms with Crippen LogP contribution in [0.5, 0.6) is 23.0 Å². The molecule has 3 rings (SSSR count). The second-order valence-corrected chi connectivity index (χ2v) is 7.61. The molecule has 0 atom stereocenters. The molecule has 0 aliphatic carbocycles. The summed E-state index contributed by atoms with van der Waals surface area (Å²) in [5.74, 6) is 2.72. The fourth-order valence-corrected chi connectivity index (χ4v) is 3.23. The molecule has 2 aromatic carbocycles. The van der Waals surface area contributed by atoms with E-state index in [9.17, 15) is 4.79 Å². The SMILES string of the molecule is COc1ccc(OCCn2ccc(=O)c(OCCCCOc3ccc(Cl)cc3)c2C)cc1. The van der Waals surface area contributed by atoms with Gasteiger partial charge in [0.05, 0.1) is 32.6 Å². The highest BCUT2D eigenvalue weighted by Gasteiger charge is 2.09. The first-order chi connectivity index (χ1) is 15.6. The van der Waals surface area contributed by atoms with Crippen LogP contribution >= 0.6 is 11.6 Å². The Kier molecular flexibility index (Phi) is 8.87. The van der Waals surface area contributed by atoms with Crippen molar-refractivity contribution in [2.45, 2.75) is 26.3 Å². The third-order valence-corrected chi connectivity index (χ3v) is 5.17. The first-order valence-electron chi connectivity index (χ1n) is 10.5. The molecule has 1 heterocycles. The largest absolute Gasteiger partial charge is 0.497 e. The summed E-state index contributed by atoms with van der Waals surface area (Å²) in [4.78, 5) is 12.3. The van der Waals surface area contributed by atoms with Crippen LogP contribution in [0.2, 0.25) is 5.02 Å². The van der Waals surface area contributed by atoms with Gasteiger partial charge in [-0.25, -0.2) is 0 Å². The molecule has 0 saturated carbocycles. The molecule has 0 bridgehead atoms. The molecule has 32 heavy (non-hydrogen) atoms. The maximum Gasteiger partial charge on any atom is 0.223 e. The number of hydrogen-bond acceptors (Lipinski definition) is 5. The van der Waals surface area contributed by atoms with Gasteiger partial charge in [-0.2, -0.15) is 0 Å². The van der Waals surface area contributed by atoms with Crippen molar-refractivity contribution in [3.8, 4) is 23.0 Å². The van der Waals surface area contributed by atoms with Crippen LogP contribution in [0.4, 0.5) is 0 Å². The van der Waals surface area contributed by atoms with E-state index in [0.717, 1.165) is 35.8 Å². The lowest BCUT2D eigenvalue weighted by atomic mass is 10.3. The number of nitrogens with zero attached hydrogens (tertiary/aromatic N) is 1. The Labute approximate surface area is 193 Å². The average molecular weight is 458 g/mol. The zero-order valence-corrected chi connectivity index (χ0v) is 19.1. The van der Waals surface area contributed by atoms with E-state index in [0.29, 0.717) is 37.1 Å². The Balaban J connectivity index is 1.43. The van der Waals surface area contributed by atoms with Crippen molar-refractivity contribution in [2.24, 2.45) is 0 Å². The van der Waals surface area contributed by atoms with Gasteiger partial charge >= 0.3 is 0 Å². The summed E-state index contributed by atoms with van der Waals surface area (Å²) in [5.41, 5.74) is 0.667. The van der Waals surface area contributed by atoms with Gasteiger partial charge < -0.3 is 23.5 Å². The molecular formula is C25H28ClNO5. The molecule has 0 amide bonds. The molecular weight excluding hydrogens is 430 g/mol. The number of methoxy groups -OCH3 is 1. The van der Waals surface area contributed by atoms with Crippen molar-refractivity contribution in [1.82, 2.24) is 4.57 Å². The van der Waals surface area contributed by atoms with Crippen LogP contribution in [0.25, 0.3) is 0 Å². The van der Waals surface area contributed by atoms with Crippen LogP contribution in [-0.2, 0) is 6.54 Å². The second kappa shape index (κ2) is 12.1. The molecule has 0 N–H and O–H groups in total. The minimum absolute atomic E-state index is 0.118. The Morgan fingerprint density at radius 2 is 1.34 bits per heavy atom. The van der Waals surface area contributed by atoms with Crippen LogP contribution in [0.15, 0.2) is 65.6 Å². The van der Waals surface area contributed by atoms with E-state index in [1.165, 1.54) is 6.07 Å². The average Bonchev–Trinajstić information content (AvgIpc) is 2.81. The van der Waals surface area contributed by atoms with Gasteiger partial charge in [-0.05, 0) is 68.3 Å². The van der Waals surface area contributed by atoms with Crippen molar-refractivity contribution in [3.05, 3.63) is 81.7 Å². The number of pyridine rings is 1. The summed E-state index contributed by atoms with van der Waals surface area (Å²) >= 11 is 5.86. The van der Waals surface area contributed by atoms with Gasteiger partial charge in [-0.3, -0.25) is 4.79 Å². The first kappa shape index (κ1) is 23.5. The van der Waals surface area contributed by atoms with Crippen molar-refractivity contribution < 1.29 is 18.9 Å². The monoisotopic (exact) mass is 457 g/mol. The molecule has 1 aromatic heterocycles. The molecule has 0 radical (unpaired) electrons. The number of ether oxygens (including phenoxy) is 4. The van der Waals surface area contributed by atoms with Crippen molar-refractivity contribution in [3.63, 3.8) is 0 Å². The van der Waals surface area contributed by atoms with Crippen LogP contribution in [0.3, 0.4) is 0 Å². The van der Waals surface area contributed by atoms with Crippen molar-refractivity contribution in [2.75, 3.05) is 26.9 Å². The predicted molar refractivity (Wildman–Crippen MR) is 126 cm³/mol. The molecule has 170 valence electrons. The Bertz CT molecular complexity index is 1030. The topological polar surface area (TPSA) is 58.9 Å². The maximum absolute atomic E-state index is 12.3. The number of unbranched alkanes of at least 4 members (excludes halogenated alkanes) is 1. The van der Waals surface area contributed by atoms with E-state index in [1.807, 2.05) is 47.9 Å². The summed E-state index contributed by atoms with van der Waals surface area (Å²) < 4.78 is 24.4. The standard InChI is InChI=1S/C25H28ClNO5/c1-19-25(32-17-4-3-16-30-22-7-5-20(26)6-8-22)24(28)13-14-27(19)15-18-31-23-11-9-21(29-2)10-12-23/h5-14H,3-4,15-18H2,1-2H3. The van der Waals surface area contributed by atoms with Crippen molar-refractivity contribution >= 4 is 11.6 Å². The minimum atomic E-state index is -0.118. The quantitative estimate of drug-likeness (QED) is 0.352. The van der Waals surface area contributed by atoms with Crippen LogP contribution in [-0.4, -0.2) is 31.5 Å². The van der Waals surface area contributed by atoms with E-state index in [-0.39, 0.29) is 5.43 Å². The minimum Gasteiger partial charge on any atom is -0.497 e. The van der Waals surface area contributed by atoms with E-state index in [4.69, 9.17) is 30.5 Å². The zero-order chi connectivity index (χ0) is 22.8. The molecule has 0 aliphatic heterocycles. The summed E-state index contributed by atoms with van der Waals surface area (Å²) in [6.07, 6.45) is 3.36. The van der Waals surface area contributed by atoms with Crippen LogP contribution < -0.4 is 24.4 Å². The number of aromatic nitrogens is 1. The smallest absolute Gasteiger partial charge is 0.223 e. The lowest BCUT2D eigenvalue weighted by Crippen LogP contribution is -2.18. The highest BCUT2D eigenvalue weighted by atomic mass is 35.5.